The summed E-state index contributed by atoms with van der Waals surface area (Å²) < 4.78 is 20.0. The summed E-state index contributed by atoms with van der Waals surface area (Å²) in [6.45, 7) is 0.317. The molecular weight excluding hydrogens is 483 g/mol. The van der Waals surface area contributed by atoms with Gasteiger partial charge in [-0.2, -0.15) is 5.26 Å². The Balaban J connectivity index is 1.72. The van der Waals surface area contributed by atoms with Crippen molar-refractivity contribution in [1.29, 1.82) is 5.26 Å². The van der Waals surface area contributed by atoms with E-state index in [-0.39, 0.29) is 23.0 Å². The number of benzene rings is 3. The van der Waals surface area contributed by atoms with E-state index in [4.69, 9.17) is 16.3 Å². The fourth-order valence-corrected chi connectivity index (χ4v) is 3.74. The van der Waals surface area contributed by atoms with Crippen molar-refractivity contribution < 1.29 is 13.9 Å². The van der Waals surface area contributed by atoms with Crippen LogP contribution in [0.5, 0.6) is 5.75 Å². The number of nitriles is 1. The number of nitrogens with zero attached hydrogens (tertiary/aromatic N) is 1. The monoisotopic (exact) mass is 498 g/mol. The first-order chi connectivity index (χ1) is 15.0. The van der Waals surface area contributed by atoms with Crippen LogP contribution in [0.25, 0.3) is 6.08 Å². The minimum Gasteiger partial charge on any atom is -0.486 e. The van der Waals surface area contributed by atoms with Crippen molar-refractivity contribution in [2.75, 3.05) is 0 Å². The summed E-state index contributed by atoms with van der Waals surface area (Å²) in [7, 11) is 0. The van der Waals surface area contributed by atoms with Gasteiger partial charge in [0.25, 0.3) is 5.91 Å². The average molecular weight is 500 g/mol. The molecule has 0 aromatic heterocycles. The molecular formula is C24H17BrClFN2O2. The molecule has 0 unspecified atom stereocenters. The number of nitrogens with one attached hydrogen (secondary N) is 1. The molecule has 3 aromatic carbocycles. The van der Waals surface area contributed by atoms with E-state index >= 15 is 0 Å². The van der Waals surface area contributed by atoms with Crippen LogP contribution in [0, 0.1) is 17.1 Å². The van der Waals surface area contributed by atoms with E-state index in [1.54, 1.807) is 30.3 Å². The molecule has 0 bridgehead atoms. The van der Waals surface area contributed by atoms with E-state index in [0.29, 0.717) is 27.9 Å². The maximum Gasteiger partial charge on any atom is 0.262 e. The van der Waals surface area contributed by atoms with Gasteiger partial charge in [-0.15, -0.1) is 0 Å². The van der Waals surface area contributed by atoms with Crippen LogP contribution in [-0.2, 0) is 17.9 Å². The molecule has 0 aliphatic carbocycles. The summed E-state index contributed by atoms with van der Waals surface area (Å²) in [5, 5.41) is 12.4. The van der Waals surface area contributed by atoms with Gasteiger partial charge in [-0.25, -0.2) is 4.39 Å². The molecule has 0 aliphatic heterocycles. The lowest BCUT2D eigenvalue weighted by molar-refractivity contribution is -0.117. The number of carbonyl (C=O) groups is 1. The van der Waals surface area contributed by atoms with Gasteiger partial charge in [0.15, 0.2) is 5.75 Å². The molecule has 0 saturated heterocycles. The van der Waals surface area contributed by atoms with E-state index in [1.807, 2.05) is 36.4 Å². The predicted octanol–water partition coefficient (Wildman–Crippen LogP) is 6.04. The number of rotatable bonds is 7. The Bertz CT molecular complexity index is 1140. The minimum absolute atomic E-state index is 0.00547. The van der Waals surface area contributed by atoms with Crippen LogP contribution in [0.2, 0.25) is 5.02 Å². The van der Waals surface area contributed by atoms with E-state index in [0.717, 1.165) is 5.56 Å². The van der Waals surface area contributed by atoms with Gasteiger partial charge in [0.2, 0.25) is 0 Å². The molecule has 156 valence electrons. The second-order valence-electron chi connectivity index (χ2n) is 6.53. The van der Waals surface area contributed by atoms with Crippen molar-refractivity contribution >= 4 is 39.5 Å². The number of halogens is 3. The van der Waals surface area contributed by atoms with Crippen LogP contribution in [0.15, 0.2) is 76.8 Å². The largest absolute Gasteiger partial charge is 0.486 e. The maximum atomic E-state index is 13.8. The maximum absolute atomic E-state index is 13.8. The molecule has 0 saturated carbocycles. The zero-order chi connectivity index (χ0) is 22.2. The standard InChI is InChI=1S/C24H17BrClFN2O2/c25-20-11-17(10-19(13-28)24(30)29-14-16-6-2-1-3-7-16)12-21(26)23(20)31-15-18-8-4-5-9-22(18)27/h1-12H,14-15H2,(H,29,30)/b19-10-. The average Bonchev–Trinajstić information content (AvgIpc) is 2.77. The Labute approximate surface area is 193 Å². The number of hydrogen-bond donors (Lipinski definition) is 1. The van der Waals surface area contributed by atoms with Crippen molar-refractivity contribution in [3.05, 3.63) is 104 Å². The zero-order valence-electron chi connectivity index (χ0n) is 16.2. The van der Waals surface area contributed by atoms with Crippen LogP contribution in [0.1, 0.15) is 16.7 Å². The van der Waals surface area contributed by atoms with Gasteiger partial charge in [0, 0.05) is 12.1 Å². The molecule has 0 fully saturated rings. The minimum atomic E-state index is -0.488. The highest BCUT2D eigenvalue weighted by Crippen LogP contribution is 2.35. The first-order valence-electron chi connectivity index (χ1n) is 9.27. The Morgan fingerprint density at radius 3 is 2.55 bits per heavy atom. The first-order valence-corrected chi connectivity index (χ1v) is 10.4. The normalized spacial score (nSPS) is 11.0. The van der Waals surface area contributed by atoms with Crippen LogP contribution in [-0.4, -0.2) is 5.91 Å². The Kier molecular flexibility index (Phi) is 7.82. The van der Waals surface area contributed by atoms with Crippen LogP contribution in [0.4, 0.5) is 4.39 Å². The zero-order valence-corrected chi connectivity index (χ0v) is 18.6. The molecule has 0 aliphatic rings. The fourth-order valence-electron chi connectivity index (χ4n) is 2.75. The molecule has 3 aromatic rings. The third-order valence-electron chi connectivity index (χ3n) is 4.32. The van der Waals surface area contributed by atoms with Gasteiger partial charge < -0.3 is 10.1 Å². The second-order valence-corrected chi connectivity index (χ2v) is 7.79. The van der Waals surface area contributed by atoms with Crippen molar-refractivity contribution in [2.24, 2.45) is 0 Å². The Morgan fingerprint density at radius 2 is 1.87 bits per heavy atom. The number of carbonyl (C=O) groups excluding carboxylic acids is 1. The summed E-state index contributed by atoms with van der Waals surface area (Å²) in [6, 6.07) is 20.9. The van der Waals surface area contributed by atoms with Gasteiger partial charge in [-0.3, -0.25) is 4.79 Å². The quantitative estimate of drug-likeness (QED) is 0.318. The van der Waals surface area contributed by atoms with Crippen molar-refractivity contribution in [3.63, 3.8) is 0 Å². The SMILES string of the molecule is N#C/C(=C/c1cc(Cl)c(OCc2ccccc2F)c(Br)c1)C(=O)NCc1ccccc1. The molecule has 4 nitrogen and oxygen atoms in total. The molecule has 0 radical (unpaired) electrons. The van der Waals surface area contributed by atoms with E-state index in [2.05, 4.69) is 21.2 Å². The molecule has 0 atom stereocenters. The van der Waals surface area contributed by atoms with Crippen LogP contribution in [0.3, 0.4) is 0 Å². The molecule has 0 spiro atoms. The van der Waals surface area contributed by atoms with Crippen molar-refractivity contribution in [2.45, 2.75) is 13.2 Å². The lowest BCUT2D eigenvalue weighted by Crippen LogP contribution is -2.23. The van der Waals surface area contributed by atoms with Crippen LogP contribution >= 0.6 is 27.5 Å². The highest BCUT2D eigenvalue weighted by atomic mass is 79.9. The molecule has 3 rings (SSSR count). The van der Waals surface area contributed by atoms with E-state index in [9.17, 15) is 14.4 Å². The number of amides is 1. The Hall–Kier alpha value is -3.14. The lowest BCUT2D eigenvalue weighted by atomic mass is 10.1. The van der Waals surface area contributed by atoms with Crippen molar-refractivity contribution in [3.8, 4) is 11.8 Å². The fraction of sp³-hybridized carbons (Fsp3) is 0.0833. The summed E-state index contributed by atoms with van der Waals surface area (Å²) in [6.07, 6.45) is 1.44. The lowest BCUT2D eigenvalue weighted by Gasteiger charge is -2.12. The molecule has 0 heterocycles. The van der Waals surface area contributed by atoms with E-state index < -0.39 is 5.91 Å². The molecule has 31 heavy (non-hydrogen) atoms. The predicted molar refractivity (Wildman–Crippen MR) is 122 cm³/mol. The summed E-state index contributed by atoms with van der Waals surface area (Å²) in [5.41, 5.74) is 1.81. The molecule has 1 amide bonds. The molecule has 7 heteroatoms. The number of ether oxygens (including phenoxy) is 1. The highest BCUT2D eigenvalue weighted by Gasteiger charge is 2.13. The molecule has 1 N–H and O–H groups in total. The Morgan fingerprint density at radius 1 is 1.16 bits per heavy atom. The van der Waals surface area contributed by atoms with Gasteiger partial charge in [-0.1, -0.05) is 60.1 Å². The highest BCUT2D eigenvalue weighted by molar-refractivity contribution is 9.10. The third-order valence-corrected chi connectivity index (χ3v) is 5.19. The van der Waals surface area contributed by atoms with Gasteiger partial charge in [0.05, 0.1) is 9.50 Å². The topological polar surface area (TPSA) is 62.1 Å². The third kappa shape index (κ3) is 6.17. The summed E-state index contributed by atoms with van der Waals surface area (Å²) in [4.78, 5) is 12.4. The van der Waals surface area contributed by atoms with E-state index in [1.165, 1.54) is 12.1 Å². The summed E-state index contributed by atoms with van der Waals surface area (Å²) in [5.74, 6) is -0.512. The summed E-state index contributed by atoms with van der Waals surface area (Å²) >= 11 is 9.71. The van der Waals surface area contributed by atoms with Gasteiger partial charge in [-0.05, 0) is 51.3 Å². The van der Waals surface area contributed by atoms with Crippen LogP contribution < -0.4 is 10.1 Å². The van der Waals surface area contributed by atoms with Crippen molar-refractivity contribution in [1.82, 2.24) is 5.32 Å². The number of hydrogen-bond acceptors (Lipinski definition) is 3. The van der Waals surface area contributed by atoms with Gasteiger partial charge >= 0.3 is 0 Å². The second kappa shape index (κ2) is 10.8. The first kappa shape index (κ1) is 22.5. The smallest absolute Gasteiger partial charge is 0.262 e. The van der Waals surface area contributed by atoms with Gasteiger partial charge in [0.1, 0.15) is 24.1 Å².